The third kappa shape index (κ3) is 3.37. The van der Waals surface area contributed by atoms with E-state index in [2.05, 4.69) is 15.9 Å². The Bertz CT molecular complexity index is 602. The molecule has 1 nitrogen and oxygen atoms in total. The van der Waals surface area contributed by atoms with Gasteiger partial charge in [0.15, 0.2) is 0 Å². The highest BCUT2D eigenvalue weighted by atomic mass is 79.9. The van der Waals surface area contributed by atoms with Crippen molar-refractivity contribution in [3.05, 3.63) is 69.2 Å². The van der Waals surface area contributed by atoms with Gasteiger partial charge in [0.25, 0.3) is 0 Å². The summed E-state index contributed by atoms with van der Waals surface area (Å²) in [5, 5.41) is 0. The molecular formula is C14H10BrF4N. The molecule has 1 unspecified atom stereocenters. The molecule has 0 aliphatic rings. The highest BCUT2D eigenvalue weighted by Crippen LogP contribution is 2.25. The van der Waals surface area contributed by atoms with Crippen molar-refractivity contribution in [1.82, 2.24) is 0 Å². The molecule has 0 amide bonds. The van der Waals surface area contributed by atoms with Crippen molar-refractivity contribution < 1.29 is 17.6 Å². The summed E-state index contributed by atoms with van der Waals surface area (Å²) >= 11 is 3.12. The molecule has 0 fully saturated rings. The second-order valence-corrected chi connectivity index (χ2v) is 5.29. The topological polar surface area (TPSA) is 26.0 Å². The van der Waals surface area contributed by atoms with E-state index in [9.17, 15) is 17.6 Å². The van der Waals surface area contributed by atoms with Gasteiger partial charge in [0.05, 0.1) is 0 Å². The first-order chi connectivity index (χ1) is 9.36. The molecule has 2 rings (SSSR count). The van der Waals surface area contributed by atoms with Gasteiger partial charge in [-0.3, -0.25) is 0 Å². The summed E-state index contributed by atoms with van der Waals surface area (Å²) in [6, 6.07) is 4.18. The van der Waals surface area contributed by atoms with Crippen LogP contribution in [0.25, 0.3) is 0 Å². The maximum Gasteiger partial charge on any atom is 0.133 e. The molecule has 106 valence electrons. The SMILES string of the molecule is NC(Cc1cc(F)cc(Br)c1)c1c(F)cc(F)cc1F. The van der Waals surface area contributed by atoms with Gasteiger partial charge < -0.3 is 5.73 Å². The van der Waals surface area contributed by atoms with E-state index in [1.54, 1.807) is 6.07 Å². The Morgan fingerprint density at radius 1 is 0.900 bits per heavy atom. The molecule has 0 saturated carbocycles. The van der Waals surface area contributed by atoms with Crippen LogP contribution in [-0.4, -0.2) is 0 Å². The van der Waals surface area contributed by atoms with E-state index in [4.69, 9.17) is 5.73 Å². The molecule has 6 heteroatoms. The van der Waals surface area contributed by atoms with Gasteiger partial charge in [-0.1, -0.05) is 15.9 Å². The number of halogens is 5. The van der Waals surface area contributed by atoms with Gasteiger partial charge in [0.1, 0.15) is 23.3 Å². The lowest BCUT2D eigenvalue weighted by Crippen LogP contribution is -2.17. The quantitative estimate of drug-likeness (QED) is 0.825. The maximum absolute atomic E-state index is 13.6. The Morgan fingerprint density at radius 2 is 1.45 bits per heavy atom. The van der Waals surface area contributed by atoms with Crippen LogP contribution in [0.4, 0.5) is 17.6 Å². The number of hydrogen-bond donors (Lipinski definition) is 1. The van der Waals surface area contributed by atoms with Crippen LogP contribution in [-0.2, 0) is 6.42 Å². The molecule has 0 radical (unpaired) electrons. The minimum Gasteiger partial charge on any atom is -0.323 e. The first-order valence-electron chi connectivity index (χ1n) is 5.72. The highest BCUT2D eigenvalue weighted by Gasteiger charge is 2.19. The molecule has 0 spiro atoms. The van der Waals surface area contributed by atoms with E-state index < -0.39 is 34.9 Å². The van der Waals surface area contributed by atoms with E-state index >= 15 is 0 Å². The zero-order valence-corrected chi connectivity index (χ0v) is 11.7. The van der Waals surface area contributed by atoms with E-state index in [0.29, 0.717) is 22.2 Å². The van der Waals surface area contributed by atoms with Gasteiger partial charge in [0.2, 0.25) is 0 Å². The van der Waals surface area contributed by atoms with E-state index in [1.807, 2.05) is 0 Å². The van der Waals surface area contributed by atoms with Gasteiger partial charge in [-0.25, -0.2) is 17.6 Å². The van der Waals surface area contributed by atoms with Crippen LogP contribution in [0.3, 0.4) is 0 Å². The Hall–Kier alpha value is -1.40. The predicted molar refractivity (Wildman–Crippen MR) is 71.0 cm³/mol. The van der Waals surface area contributed by atoms with Crippen LogP contribution >= 0.6 is 15.9 Å². The second kappa shape index (κ2) is 5.93. The summed E-state index contributed by atoms with van der Waals surface area (Å²) in [6.45, 7) is 0. The van der Waals surface area contributed by atoms with Crippen molar-refractivity contribution in [2.45, 2.75) is 12.5 Å². The molecule has 0 saturated heterocycles. The summed E-state index contributed by atoms with van der Waals surface area (Å²) in [4.78, 5) is 0. The molecule has 0 heterocycles. The van der Waals surface area contributed by atoms with E-state index in [0.717, 1.165) is 0 Å². The molecule has 2 aromatic carbocycles. The molecule has 0 aliphatic carbocycles. The van der Waals surface area contributed by atoms with Crippen LogP contribution < -0.4 is 5.73 Å². The molecule has 20 heavy (non-hydrogen) atoms. The van der Waals surface area contributed by atoms with Crippen LogP contribution in [0, 0.1) is 23.3 Å². The number of hydrogen-bond acceptors (Lipinski definition) is 1. The first kappa shape index (κ1) is 15.0. The molecular weight excluding hydrogens is 338 g/mol. The third-order valence-corrected chi connectivity index (χ3v) is 3.25. The fraction of sp³-hybridized carbons (Fsp3) is 0.143. The minimum atomic E-state index is -1.05. The second-order valence-electron chi connectivity index (χ2n) is 4.37. The lowest BCUT2D eigenvalue weighted by atomic mass is 9.98. The van der Waals surface area contributed by atoms with Crippen molar-refractivity contribution >= 4 is 15.9 Å². The third-order valence-electron chi connectivity index (χ3n) is 2.79. The van der Waals surface area contributed by atoms with Gasteiger partial charge in [-0.15, -0.1) is 0 Å². The van der Waals surface area contributed by atoms with Gasteiger partial charge in [-0.2, -0.15) is 0 Å². The molecule has 1 atom stereocenters. The van der Waals surface area contributed by atoms with Crippen molar-refractivity contribution in [3.8, 4) is 0 Å². The Morgan fingerprint density at radius 3 is 2.00 bits per heavy atom. The molecule has 2 aromatic rings. The van der Waals surface area contributed by atoms with Crippen LogP contribution in [0.2, 0.25) is 0 Å². The van der Waals surface area contributed by atoms with Crippen LogP contribution in [0.15, 0.2) is 34.8 Å². The van der Waals surface area contributed by atoms with E-state index in [1.165, 1.54) is 12.1 Å². The van der Waals surface area contributed by atoms with Gasteiger partial charge >= 0.3 is 0 Å². The average Bonchev–Trinajstić information content (AvgIpc) is 2.25. The zero-order valence-electron chi connectivity index (χ0n) is 10.1. The van der Waals surface area contributed by atoms with Crippen LogP contribution in [0.1, 0.15) is 17.2 Å². The fourth-order valence-electron chi connectivity index (χ4n) is 1.99. The number of rotatable bonds is 3. The van der Waals surface area contributed by atoms with E-state index in [-0.39, 0.29) is 6.42 Å². The van der Waals surface area contributed by atoms with Crippen molar-refractivity contribution in [3.63, 3.8) is 0 Å². The predicted octanol–water partition coefficient (Wildman–Crippen LogP) is 4.25. The summed E-state index contributed by atoms with van der Waals surface area (Å²) in [7, 11) is 0. The summed E-state index contributed by atoms with van der Waals surface area (Å²) in [6.07, 6.45) is 0.0236. The van der Waals surface area contributed by atoms with Crippen molar-refractivity contribution in [2.75, 3.05) is 0 Å². The molecule has 0 aromatic heterocycles. The monoisotopic (exact) mass is 347 g/mol. The summed E-state index contributed by atoms with van der Waals surface area (Å²) < 4.78 is 53.7. The Labute approximate surface area is 121 Å². The Kier molecular flexibility index (Phi) is 4.45. The summed E-state index contributed by atoms with van der Waals surface area (Å²) in [5.74, 6) is -3.60. The summed E-state index contributed by atoms with van der Waals surface area (Å²) in [5.41, 5.74) is 5.81. The molecule has 0 aliphatic heterocycles. The smallest absolute Gasteiger partial charge is 0.133 e. The lowest BCUT2D eigenvalue weighted by molar-refractivity contribution is 0.501. The first-order valence-corrected chi connectivity index (χ1v) is 6.51. The average molecular weight is 348 g/mol. The van der Waals surface area contributed by atoms with Gasteiger partial charge in [-0.05, 0) is 30.2 Å². The molecule has 2 N–H and O–H groups in total. The van der Waals surface area contributed by atoms with Gasteiger partial charge in [0, 0.05) is 28.2 Å². The fourth-order valence-corrected chi connectivity index (χ4v) is 2.51. The maximum atomic E-state index is 13.6. The minimum absolute atomic E-state index is 0.0236. The largest absolute Gasteiger partial charge is 0.323 e. The lowest BCUT2D eigenvalue weighted by Gasteiger charge is -2.14. The number of nitrogens with two attached hydrogens (primary N) is 1. The van der Waals surface area contributed by atoms with Crippen molar-refractivity contribution in [2.24, 2.45) is 5.73 Å². The van der Waals surface area contributed by atoms with Crippen molar-refractivity contribution in [1.29, 1.82) is 0 Å². The normalized spacial score (nSPS) is 12.5. The highest BCUT2D eigenvalue weighted by molar-refractivity contribution is 9.10. The standard InChI is InChI=1S/C14H10BrF4N/c15-8-1-7(2-9(16)4-8)3-13(20)14-11(18)5-10(17)6-12(14)19/h1-2,4-6,13H,3,20H2. The Balaban J connectivity index is 2.30. The zero-order chi connectivity index (χ0) is 14.9. The van der Waals surface area contributed by atoms with Crippen LogP contribution in [0.5, 0.6) is 0 Å². The molecule has 0 bridgehead atoms. The number of benzene rings is 2.